The van der Waals surface area contributed by atoms with Gasteiger partial charge in [0.05, 0.1) is 0 Å². The van der Waals surface area contributed by atoms with Gasteiger partial charge in [-0.25, -0.2) is 0 Å². The van der Waals surface area contributed by atoms with E-state index in [9.17, 15) is 0 Å². The average Bonchev–Trinajstić information content (AvgIpc) is 2.39. The second kappa shape index (κ2) is 6.06. The maximum atomic E-state index is 6.03. The van der Waals surface area contributed by atoms with Crippen LogP contribution in [-0.4, -0.2) is 12.6 Å². The van der Waals surface area contributed by atoms with Gasteiger partial charge in [-0.2, -0.15) is 0 Å². The van der Waals surface area contributed by atoms with E-state index in [-0.39, 0.29) is 6.04 Å². The summed E-state index contributed by atoms with van der Waals surface area (Å²) >= 11 is 0. The lowest BCUT2D eigenvalue weighted by Crippen LogP contribution is -2.30. The highest BCUT2D eigenvalue weighted by atomic mass is 16.5. The van der Waals surface area contributed by atoms with Crippen LogP contribution in [-0.2, 0) is 6.42 Å². The molecule has 0 aliphatic carbocycles. The van der Waals surface area contributed by atoms with Crippen molar-refractivity contribution in [3.8, 4) is 5.75 Å². The van der Waals surface area contributed by atoms with Gasteiger partial charge in [-0.05, 0) is 24.1 Å². The third kappa shape index (κ3) is 3.93. The van der Waals surface area contributed by atoms with Gasteiger partial charge >= 0.3 is 0 Å². The topological polar surface area (TPSA) is 35.2 Å². The number of ether oxygens (including phenoxy) is 1. The van der Waals surface area contributed by atoms with Crippen LogP contribution >= 0.6 is 0 Å². The molecule has 0 heterocycles. The van der Waals surface area contributed by atoms with E-state index in [2.05, 4.69) is 12.1 Å². The van der Waals surface area contributed by atoms with Crippen LogP contribution in [0.2, 0.25) is 0 Å². The molecule has 2 rings (SSSR count). The first kappa shape index (κ1) is 11.7. The number of para-hydroxylation sites is 1. The predicted octanol–water partition coefficient (Wildman–Crippen LogP) is 2.64. The first-order valence-corrected chi connectivity index (χ1v) is 5.82. The summed E-state index contributed by atoms with van der Waals surface area (Å²) in [5, 5.41) is 0. The smallest absolute Gasteiger partial charge is 0.119 e. The Balaban J connectivity index is 1.80. The van der Waals surface area contributed by atoms with Crippen LogP contribution in [0.1, 0.15) is 5.56 Å². The van der Waals surface area contributed by atoms with Gasteiger partial charge < -0.3 is 10.5 Å². The van der Waals surface area contributed by atoms with E-state index in [1.165, 1.54) is 5.56 Å². The highest BCUT2D eigenvalue weighted by Crippen LogP contribution is 2.09. The van der Waals surface area contributed by atoms with Crippen molar-refractivity contribution in [3.63, 3.8) is 0 Å². The molecule has 2 aromatic carbocycles. The molecule has 2 nitrogen and oxygen atoms in total. The normalized spacial score (nSPS) is 12.1. The van der Waals surface area contributed by atoms with Gasteiger partial charge in [0.2, 0.25) is 0 Å². The minimum atomic E-state index is 0.0256. The monoisotopic (exact) mass is 227 g/mol. The van der Waals surface area contributed by atoms with Gasteiger partial charge in [-0.1, -0.05) is 48.5 Å². The standard InChI is InChI=1S/C15H17NO/c16-14(11-13-7-3-1-4-8-13)12-17-15-9-5-2-6-10-15/h1-10,14H,11-12,16H2. The summed E-state index contributed by atoms with van der Waals surface area (Å²) in [7, 11) is 0. The molecule has 2 aromatic rings. The largest absolute Gasteiger partial charge is 0.492 e. The fourth-order valence-corrected chi connectivity index (χ4v) is 1.70. The first-order chi connectivity index (χ1) is 8.34. The van der Waals surface area contributed by atoms with E-state index in [0.29, 0.717) is 6.61 Å². The summed E-state index contributed by atoms with van der Waals surface area (Å²) in [4.78, 5) is 0. The lowest BCUT2D eigenvalue weighted by atomic mass is 10.1. The van der Waals surface area contributed by atoms with Crippen LogP contribution < -0.4 is 10.5 Å². The minimum absolute atomic E-state index is 0.0256. The molecule has 0 aliphatic heterocycles. The number of hydrogen-bond acceptors (Lipinski definition) is 2. The minimum Gasteiger partial charge on any atom is -0.492 e. The van der Waals surface area contributed by atoms with Gasteiger partial charge in [-0.15, -0.1) is 0 Å². The predicted molar refractivity (Wildman–Crippen MR) is 70.1 cm³/mol. The number of hydrogen-bond donors (Lipinski definition) is 1. The Kier molecular flexibility index (Phi) is 4.17. The lowest BCUT2D eigenvalue weighted by Gasteiger charge is -2.13. The Labute approximate surface area is 102 Å². The third-order valence-electron chi connectivity index (χ3n) is 2.55. The van der Waals surface area contributed by atoms with Crippen LogP contribution in [0.5, 0.6) is 5.75 Å². The maximum Gasteiger partial charge on any atom is 0.119 e. The summed E-state index contributed by atoms with van der Waals surface area (Å²) in [6.07, 6.45) is 0.841. The van der Waals surface area contributed by atoms with Gasteiger partial charge in [0.15, 0.2) is 0 Å². The number of rotatable bonds is 5. The van der Waals surface area contributed by atoms with E-state index < -0.39 is 0 Å². The van der Waals surface area contributed by atoms with Crippen molar-refractivity contribution in [2.24, 2.45) is 5.73 Å². The Hall–Kier alpha value is -1.80. The molecule has 88 valence electrons. The van der Waals surface area contributed by atoms with Crippen LogP contribution in [0, 0.1) is 0 Å². The summed E-state index contributed by atoms with van der Waals surface area (Å²) < 4.78 is 5.61. The molecule has 2 heteroatoms. The average molecular weight is 227 g/mol. The molecule has 17 heavy (non-hydrogen) atoms. The van der Waals surface area contributed by atoms with Crippen molar-refractivity contribution < 1.29 is 4.74 Å². The van der Waals surface area contributed by atoms with Gasteiger partial charge in [0.1, 0.15) is 12.4 Å². The summed E-state index contributed by atoms with van der Waals surface area (Å²) in [5.41, 5.74) is 7.28. The molecule has 0 bridgehead atoms. The summed E-state index contributed by atoms with van der Waals surface area (Å²) in [6.45, 7) is 0.541. The maximum absolute atomic E-state index is 6.03. The molecule has 0 aliphatic rings. The van der Waals surface area contributed by atoms with Crippen molar-refractivity contribution >= 4 is 0 Å². The van der Waals surface area contributed by atoms with Crippen LogP contribution in [0.3, 0.4) is 0 Å². The van der Waals surface area contributed by atoms with E-state index >= 15 is 0 Å². The van der Waals surface area contributed by atoms with Crippen molar-refractivity contribution in [1.82, 2.24) is 0 Å². The van der Waals surface area contributed by atoms with E-state index in [1.54, 1.807) is 0 Å². The van der Waals surface area contributed by atoms with E-state index in [1.807, 2.05) is 48.5 Å². The third-order valence-corrected chi connectivity index (χ3v) is 2.55. The highest BCUT2D eigenvalue weighted by Gasteiger charge is 2.04. The quantitative estimate of drug-likeness (QED) is 0.852. The molecule has 0 amide bonds. The molecule has 0 aromatic heterocycles. The van der Waals surface area contributed by atoms with Crippen molar-refractivity contribution in [2.45, 2.75) is 12.5 Å². The SMILES string of the molecule is NC(COc1ccccc1)Cc1ccccc1. The van der Waals surface area contributed by atoms with Crippen LogP contribution in [0.4, 0.5) is 0 Å². The van der Waals surface area contributed by atoms with Gasteiger partial charge in [0, 0.05) is 6.04 Å². The summed E-state index contributed by atoms with van der Waals surface area (Å²) in [5.74, 6) is 0.871. The Morgan fingerprint density at radius 3 is 2.12 bits per heavy atom. The Morgan fingerprint density at radius 2 is 1.47 bits per heavy atom. The Morgan fingerprint density at radius 1 is 0.882 bits per heavy atom. The first-order valence-electron chi connectivity index (χ1n) is 5.82. The number of benzene rings is 2. The zero-order chi connectivity index (χ0) is 11.9. The zero-order valence-electron chi connectivity index (χ0n) is 9.75. The molecule has 1 unspecified atom stereocenters. The molecule has 0 radical (unpaired) electrons. The Bertz CT molecular complexity index is 427. The van der Waals surface area contributed by atoms with E-state index in [4.69, 9.17) is 10.5 Å². The van der Waals surface area contributed by atoms with Gasteiger partial charge in [0.25, 0.3) is 0 Å². The zero-order valence-corrected chi connectivity index (χ0v) is 9.75. The molecular weight excluding hydrogens is 210 g/mol. The second-order valence-electron chi connectivity index (χ2n) is 4.07. The van der Waals surface area contributed by atoms with Gasteiger partial charge in [-0.3, -0.25) is 0 Å². The molecule has 0 saturated carbocycles. The molecule has 0 saturated heterocycles. The van der Waals surface area contributed by atoms with Crippen LogP contribution in [0.15, 0.2) is 60.7 Å². The fourth-order valence-electron chi connectivity index (χ4n) is 1.70. The molecule has 1 atom stereocenters. The van der Waals surface area contributed by atoms with Crippen molar-refractivity contribution in [3.05, 3.63) is 66.2 Å². The van der Waals surface area contributed by atoms with E-state index in [0.717, 1.165) is 12.2 Å². The van der Waals surface area contributed by atoms with Crippen molar-refractivity contribution in [1.29, 1.82) is 0 Å². The molecule has 0 fully saturated rings. The number of nitrogens with two attached hydrogens (primary N) is 1. The van der Waals surface area contributed by atoms with Crippen molar-refractivity contribution in [2.75, 3.05) is 6.61 Å². The molecule has 0 spiro atoms. The lowest BCUT2D eigenvalue weighted by molar-refractivity contribution is 0.287. The molecule has 2 N–H and O–H groups in total. The van der Waals surface area contributed by atoms with Crippen LogP contribution in [0.25, 0.3) is 0 Å². The second-order valence-corrected chi connectivity index (χ2v) is 4.07. The highest BCUT2D eigenvalue weighted by molar-refractivity contribution is 5.21. The summed E-state index contributed by atoms with van der Waals surface area (Å²) in [6, 6.07) is 20.0. The molecular formula is C15H17NO. The fraction of sp³-hybridized carbons (Fsp3) is 0.200.